The molecule has 0 unspecified atom stereocenters. The zero-order chi connectivity index (χ0) is 12.3. The quantitative estimate of drug-likeness (QED) is 0.879. The number of rotatable bonds is 5. The van der Waals surface area contributed by atoms with E-state index in [-0.39, 0.29) is 0 Å². The highest BCUT2D eigenvalue weighted by molar-refractivity contribution is 7.10. The molecule has 0 spiro atoms. The fourth-order valence-electron chi connectivity index (χ4n) is 1.77. The summed E-state index contributed by atoms with van der Waals surface area (Å²) in [5.41, 5.74) is 2.43. The van der Waals surface area contributed by atoms with E-state index in [1.165, 1.54) is 10.4 Å². The molecule has 4 heteroatoms. The van der Waals surface area contributed by atoms with Gasteiger partial charge in [-0.1, -0.05) is 6.92 Å². The SMILES string of the molecule is CCCNc1nc(C)cn1Cc1sccc1C. The lowest BCUT2D eigenvalue weighted by atomic mass is 10.3. The summed E-state index contributed by atoms with van der Waals surface area (Å²) in [6.07, 6.45) is 3.22. The molecule has 2 heterocycles. The summed E-state index contributed by atoms with van der Waals surface area (Å²) in [5, 5.41) is 5.52. The number of thiophene rings is 1. The summed E-state index contributed by atoms with van der Waals surface area (Å²) in [5.74, 6) is 0.983. The predicted molar refractivity (Wildman–Crippen MR) is 73.9 cm³/mol. The lowest BCUT2D eigenvalue weighted by molar-refractivity contribution is 0.800. The standard InChI is InChI=1S/C13H19N3S/c1-4-6-14-13-15-11(3)8-16(13)9-12-10(2)5-7-17-12/h5,7-8H,4,6,9H2,1-3H3,(H,14,15). The van der Waals surface area contributed by atoms with E-state index in [1.54, 1.807) is 0 Å². The minimum atomic E-state index is 0.913. The van der Waals surface area contributed by atoms with Crippen LogP contribution in [0.5, 0.6) is 0 Å². The van der Waals surface area contributed by atoms with Gasteiger partial charge in [-0.2, -0.15) is 0 Å². The average molecular weight is 249 g/mol. The number of hydrogen-bond donors (Lipinski definition) is 1. The molecule has 0 amide bonds. The molecule has 2 aromatic rings. The highest BCUT2D eigenvalue weighted by Gasteiger charge is 2.07. The van der Waals surface area contributed by atoms with Gasteiger partial charge in [0.2, 0.25) is 5.95 Å². The van der Waals surface area contributed by atoms with E-state index in [9.17, 15) is 0 Å². The second-order valence-corrected chi connectivity index (χ2v) is 5.29. The molecule has 0 fully saturated rings. The van der Waals surface area contributed by atoms with Gasteiger partial charge >= 0.3 is 0 Å². The van der Waals surface area contributed by atoms with E-state index in [4.69, 9.17) is 0 Å². The fourth-order valence-corrected chi connectivity index (χ4v) is 2.67. The van der Waals surface area contributed by atoms with Gasteiger partial charge in [-0.15, -0.1) is 11.3 Å². The number of imidazole rings is 1. The van der Waals surface area contributed by atoms with Crippen LogP contribution in [0.1, 0.15) is 29.5 Å². The van der Waals surface area contributed by atoms with Crippen molar-refractivity contribution in [2.24, 2.45) is 0 Å². The Hall–Kier alpha value is -1.29. The summed E-state index contributed by atoms with van der Waals surface area (Å²) in [6, 6.07) is 2.17. The van der Waals surface area contributed by atoms with Gasteiger partial charge in [0.1, 0.15) is 0 Å². The van der Waals surface area contributed by atoms with E-state index in [2.05, 4.69) is 46.4 Å². The third-order valence-electron chi connectivity index (χ3n) is 2.71. The number of aryl methyl sites for hydroxylation is 2. The first-order valence-electron chi connectivity index (χ1n) is 6.01. The molecule has 0 aromatic carbocycles. The van der Waals surface area contributed by atoms with E-state index in [0.29, 0.717) is 0 Å². The molecule has 0 saturated carbocycles. The normalized spacial score (nSPS) is 10.8. The van der Waals surface area contributed by atoms with Gasteiger partial charge < -0.3 is 9.88 Å². The van der Waals surface area contributed by atoms with Crippen LogP contribution in [-0.2, 0) is 6.54 Å². The first-order chi connectivity index (χ1) is 8.20. The lowest BCUT2D eigenvalue weighted by Crippen LogP contribution is -2.08. The maximum absolute atomic E-state index is 4.51. The molecular formula is C13H19N3S. The molecule has 0 atom stereocenters. The van der Waals surface area contributed by atoms with E-state index in [1.807, 2.05) is 18.3 Å². The minimum Gasteiger partial charge on any atom is -0.356 e. The number of aromatic nitrogens is 2. The third-order valence-corrected chi connectivity index (χ3v) is 3.72. The monoisotopic (exact) mass is 249 g/mol. The number of anilines is 1. The Morgan fingerprint density at radius 3 is 2.88 bits per heavy atom. The minimum absolute atomic E-state index is 0.913. The fraction of sp³-hybridized carbons (Fsp3) is 0.462. The second kappa shape index (κ2) is 5.36. The van der Waals surface area contributed by atoms with Crippen LogP contribution in [0.4, 0.5) is 5.95 Å². The first kappa shape index (κ1) is 12.2. The van der Waals surface area contributed by atoms with Crippen LogP contribution in [0, 0.1) is 13.8 Å². The van der Waals surface area contributed by atoms with Crippen molar-refractivity contribution in [3.05, 3.63) is 33.8 Å². The third kappa shape index (κ3) is 2.88. The summed E-state index contributed by atoms with van der Waals surface area (Å²) < 4.78 is 2.20. The van der Waals surface area contributed by atoms with Crippen LogP contribution < -0.4 is 5.32 Å². The molecule has 0 radical (unpaired) electrons. The highest BCUT2D eigenvalue weighted by atomic mass is 32.1. The molecule has 3 nitrogen and oxygen atoms in total. The van der Waals surface area contributed by atoms with Crippen molar-refractivity contribution >= 4 is 17.3 Å². The van der Waals surface area contributed by atoms with Crippen LogP contribution >= 0.6 is 11.3 Å². The molecule has 92 valence electrons. The Kier molecular flexibility index (Phi) is 3.84. The van der Waals surface area contributed by atoms with Crippen LogP contribution in [0.25, 0.3) is 0 Å². The predicted octanol–water partition coefficient (Wildman–Crippen LogP) is 3.43. The van der Waals surface area contributed by atoms with Crippen molar-refractivity contribution in [1.29, 1.82) is 0 Å². The summed E-state index contributed by atoms with van der Waals surface area (Å²) >= 11 is 1.81. The van der Waals surface area contributed by atoms with Crippen molar-refractivity contribution in [2.75, 3.05) is 11.9 Å². The molecule has 0 bridgehead atoms. The van der Waals surface area contributed by atoms with Crippen LogP contribution in [-0.4, -0.2) is 16.1 Å². The Labute approximate surface area is 107 Å². The van der Waals surface area contributed by atoms with Crippen molar-refractivity contribution in [1.82, 2.24) is 9.55 Å². The number of nitrogens with zero attached hydrogens (tertiary/aromatic N) is 2. The van der Waals surface area contributed by atoms with Crippen LogP contribution in [0.15, 0.2) is 17.6 Å². The topological polar surface area (TPSA) is 29.9 Å². The summed E-state index contributed by atoms with van der Waals surface area (Å²) in [7, 11) is 0. The van der Waals surface area contributed by atoms with Gasteiger partial charge in [-0.25, -0.2) is 4.98 Å². The number of nitrogens with one attached hydrogen (secondary N) is 1. The zero-order valence-corrected chi connectivity index (χ0v) is 11.5. The molecule has 0 aliphatic rings. The van der Waals surface area contributed by atoms with E-state index < -0.39 is 0 Å². The Morgan fingerprint density at radius 1 is 1.41 bits per heavy atom. The smallest absolute Gasteiger partial charge is 0.203 e. The second-order valence-electron chi connectivity index (χ2n) is 4.29. The Balaban J connectivity index is 2.17. The van der Waals surface area contributed by atoms with Gasteiger partial charge in [0.15, 0.2) is 0 Å². The Bertz CT molecular complexity index is 485. The molecular weight excluding hydrogens is 230 g/mol. The molecule has 0 aliphatic heterocycles. The molecule has 1 N–H and O–H groups in total. The summed E-state index contributed by atoms with van der Waals surface area (Å²) in [6.45, 7) is 8.25. The van der Waals surface area contributed by atoms with Crippen molar-refractivity contribution in [3.63, 3.8) is 0 Å². The maximum atomic E-state index is 4.51. The molecule has 2 rings (SSSR count). The lowest BCUT2D eigenvalue weighted by Gasteiger charge is -2.08. The molecule has 0 saturated heterocycles. The summed E-state index contributed by atoms with van der Waals surface area (Å²) in [4.78, 5) is 5.92. The molecule has 0 aliphatic carbocycles. The molecule has 17 heavy (non-hydrogen) atoms. The van der Waals surface area contributed by atoms with Gasteiger partial charge in [0, 0.05) is 17.6 Å². The first-order valence-corrected chi connectivity index (χ1v) is 6.89. The van der Waals surface area contributed by atoms with Gasteiger partial charge in [0.05, 0.1) is 12.2 Å². The van der Waals surface area contributed by atoms with Gasteiger partial charge in [0.25, 0.3) is 0 Å². The van der Waals surface area contributed by atoms with Crippen LogP contribution in [0.2, 0.25) is 0 Å². The largest absolute Gasteiger partial charge is 0.356 e. The van der Waals surface area contributed by atoms with Crippen molar-refractivity contribution in [2.45, 2.75) is 33.7 Å². The zero-order valence-electron chi connectivity index (χ0n) is 10.7. The highest BCUT2D eigenvalue weighted by Crippen LogP contribution is 2.19. The van der Waals surface area contributed by atoms with Crippen molar-refractivity contribution < 1.29 is 0 Å². The van der Waals surface area contributed by atoms with Gasteiger partial charge in [-0.3, -0.25) is 0 Å². The average Bonchev–Trinajstić information content (AvgIpc) is 2.84. The molecule has 2 aromatic heterocycles. The Morgan fingerprint density at radius 2 is 2.24 bits per heavy atom. The van der Waals surface area contributed by atoms with E-state index in [0.717, 1.165) is 31.2 Å². The van der Waals surface area contributed by atoms with Gasteiger partial charge in [-0.05, 0) is 37.3 Å². The number of hydrogen-bond acceptors (Lipinski definition) is 3. The maximum Gasteiger partial charge on any atom is 0.203 e. The van der Waals surface area contributed by atoms with Crippen LogP contribution in [0.3, 0.4) is 0 Å². The van der Waals surface area contributed by atoms with E-state index >= 15 is 0 Å². The van der Waals surface area contributed by atoms with Crippen molar-refractivity contribution in [3.8, 4) is 0 Å².